The Morgan fingerprint density at radius 1 is 1.08 bits per heavy atom. The predicted octanol–water partition coefficient (Wildman–Crippen LogP) is 2.54. The van der Waals surface area contributed by atoms with Gasteiger partial charge >= 0.3 is 5.97 Å². The van der Waals surface area contributed by atoms with E-state index in [2.05, 4.69) is 5.32 Å². The van der Waals surface area contributed by atoms with Crippen molar-refractivity contribution in [2.24, 2.45) is 0 Å². The molecule has 0 bridgehead atoms. The summed E-state index contributed by atoms with van der Waals surface area (Å²) >= 11 is 6.02. The molecule has 0 saturated heterocycles. The predicted molar refractivity (Wildman–Crippen MR) is 93.7 cm³/mol. The lowest BCUT2D eigenvalue weighted by Crippen LogP contribution is -2.22. The molecule has 9 heteroatoms. The monoisotopic (exact) mass is 382 g/mol. The zero-order valence-electron chi connectivity index (χ0n) is 13.4. The fourth-order valence-corrected chi connectivity index (χ4v) is 3.12. The number of aromatic carboxylic acids is 1. The van der Waals surface area contributed by atoms with Crippen LogP contribution >= 0.6 is 11.6 Å². The van der Waals surface area contributed by atoms with Gasteiger partial charge in [-0.3, -0.25) is 4.79 Å². The van der Waals surface area contributed by atoms with E-state index in [1.807, 2.05) is 0 Å². The number of amides is 1. The molecule has 0 spiro atoms. The van der Waals surface area contributed by atoms with Crippen LogP contribution in [0.25, 0.3) is 0 Å². The summed E-state index contributed by atoms with van der Waals surface area (Å²) in [6.07, 6.45) is 0. The largest absolute Gasteiger partial charge is 0.478 e. The number of nitrogens with zero attached hydrogens (tertiary/aromatic N) is 1. The lowest BCUT2D eigenvalue weighted by Gasteiger charge is -2.14. The Hall–Kier alpha value is -2.42. The first-order valence-electron chi connectivity index (χ1n) is 7.00. The van der Waals surface area contributed by atoms with Gasteiger partial charge in [-0.1, -0.05) is 23.7 Å². The van der Waals surface area contributed by atoms with E-state index in [9.17, 15) is 18.0 Å². The van der Waals surface area contributed by atoms with Crippen LogP contribution in [0.1, 0.15) is 20.7 Å². The van der Waals surface area contributed by atoms with Crippen LogP contribution in [0.5, 0.6) is 0 Å². The number of hydrogen-bond acceptors (Lipinski definition) is 4. The van der Waals surface area contributed by atoms with Crippen LogP contribution in [0.2, 0.25) is 5.02 Å². The van der Waals surface area contributed by atoms with Crippen molar-refractivity contribution in [1.29, 1.82) is 0 Å². The van der Waals surface area contributed by atoms with Gasteiger partial charge in [0.15, 0.2) is 0 Å². The molecule has 7 nitrogen and oxygen atoms in total. The third-order valence-corrected chi connectivity index (χ3v) is 5.51. The number of hydrogen-bond donors (Lipinski definition) is 2. The molecule has 0 unspecified atom stereocenters. The maximum atomic E-state index is 12.4. The SMILES string of the molecule is CN(C)S(=O)(=O)c1ccc(Cl)c(NC(=O)c2ccccc2C(=O)O)c1. The van der Waals surface area contributed by atoms with Crippen molar-refractivity contribution in [2.45, 2.75) is 4.90 Å². The highest BCUT2D eigenvalue weighted by molar-refractivity contribution is 7.89. The number of anilines is 1. The van der Waals surface area contributed by atoms with Gasteiger partial charge in [0.05, 0.1) is 26.7 Å². The molecular formula is C16H15ClN2O5S. The Morgan fingerprint density at radius 2 is 1.68 bits per heavy atom. The molecule has 0 heterocycles. The second kappa shape index (κ2) is 7.22. The van der Waals surface area contributed by atoms with Gasteiger partial charge < -0.3 is 10.4 Å². The number of sulfonamides is 1. The number of carboxylic acid groups (broad SMARTS) is 1. The summed E-state index contributed by atoms with van der Waals surface area (Å²) in [5, 5.41) is 11.7. The van der Waals surface area contributed by atoms with Gasteiger partial charge in [0.1, 0.15) is 0 Å². The molecule has 132 valence electrons. The molecule has 1 amide bonds. The lowest BCUT2D eigenvalue weighted by atomic mass is 10.1. The number of benzene rings is 2. The van der Waals surface area contributed by atoms with Crippen molar-refractivity contribution in [3.05, 3.63) is 58.6 Å². The van der Waals surface area contributed by atoms with E-state index < -0.39 is 21.9 Å². The Kier molecular flexibility index (Phi) is 5.46. The molecule has 0 aliphatic rings. The summed E-state index contributed by atoms with van der Waals surface area (Å²) in [5.41, 5.74) is -0.171. The molecule has 2 rings (SSSR count). The molecule has 25 heavy (non-hydrogen) atoms. The summed E-state index contributed by atoms with van der Waals surface area (Å²) in [6, 6.07) is 9.56. The van der Waals surface area contributed by atoms with Gasteiger partial charge in [0.2, 0.25) is 10.0 Å². The van der Waals surface area contributed by atoms with Crippen LogP contribution in [-0.4, -0.2) is 43.8 Å². The average Bonchev–Trinajstić information content (AvgIpc) is 2.56. The average molecular weight is 383 g/mol. The Morgan fingerprint density at radius 3 is 2.24 bits per heavy atom. The van der Waals surface area contributed by atoms with E-state index in [4.69, 9.17) is 16.7 Å². The topological polar surface area (TPSA) is 104 Å². The van der Waals surface area contributed by atoms with Gasteiger partial charge in [0, 0.05) is 14.1 Å². The molecule has 0 atom stereocenters. The first-order chi connectivity index (χ1) is 11.6. The first kappa shape index (κ1) is 18.9. The zero-order chi connectivity index (χ0) is 18.8. The van der Waals surface area contributed by atoms with Crippen LogP contribution in [0.15, 0.2) is 47.4 Å². The summed E-state index contributed by atoms with van der Waals surface area (Å²) in [6.45, 7) is 0. The molecule has 0 aliphatic carbocycles. The minimum atomic E-state index is -3.71. The number of carboxylic acids is 1. The standard InChI is InChI=1S/C16H15ClN2O5S/c1-19(2)25(23,24)10-7-8-13(17)14(9-10)18-15(20)11-5-3-4-6-12(11)16(21)22/h3-9H,1-2H3,(H,18,20)(H,21,22). The van der Waals surface area contributed by atoms with Crippen LogP contribution < -0.4 is 5.32 Å². The second-order valence-corrected chi connectivity index (χ2v) is 7.79. The van der Waals surface area contributed by atoms with Gasteiger partial charge in [-0.25, -0.2) is 17.5 Å². The number of nitrogens with one attached hydrogen (secondary N) is 1. The zero-order valence-corrected chi connectivity index (χ0v) is 14.9. The summed E-state index contributed by atoms with van der Waals surface area (Å²) in [5.74, 6) is -1.96. The van der Waals surface area contributed by atoms with Crippen molar-refractivity contribution in [3.8, 4) is 0 Å². The van der Waals surface area contributed by atoms with Crippen molar-refractivity contribution in [1.82, 2.24) is 4.31 Å². The highest BCUT2D eigenvalue weighted by Gasteiger charge is 2.21. The van der Waals surface area contributed by atoms with Gasteiger partial charge in [0.25, 0.3) is 5.91 Å². The molecule has 2 aromatic carbocycles. The maximum Gasteiger partial charge on any atom is 0.336 e. The van der Waals surface area contributed by atoms with E-state index in [0.717, 1.165) is 4.31 Å². The number of halogens is 1. The highest BCUT2D eigenvalue weighted by atomic mass is 35.5. The van der Waals surface area contributed by atoms with Gasteiger partial charge in [-0.2, -0.15) is 0 Å². The molecule has 0 saturated carbocycles. The summed E-state index contributed by atoms with van der Waals surface area (Å²) in [4.78, 5) is 23.6. The fourth-order valence-electron chi connectivity index (χ4n) is 2.03. The highest BCUT2D eigenvalue weighted by Crippen LogP contribution is 2.27. The van der Waals surface area contributed by atoms with E-state index in [-0.39, 0.29) is 26.7 Å². The number of carbonyl (C=O) groups is 2. The van der Waals surface area contributed by atoms with Crippen molar-refractivity contribution in [2.75, 3.05) is 19.4 Å². The van der Waals surface area contributed by atoms with Gasteiger partial charge in [-0.05, 0) is 30.3 Å². The van der Waals surface area contributed by atoms with Crippen LogP contribution in [0.3, 0.4) is 0 Å². The molecular weight excluding hydrogens is 368 g/mol. The third-order valence-electron chi connectivity index (χ3n) is 3.37. The maximum absolute atomic E-state index is 12.4. The Labute approximate surface area is 149 Å². The van der Waals surface area contributed by atoms with Crippen molar-refractivity contribution < 1.29 is 23.1 Å². The molecule has 2 aromatic rings. The molecule has 0 fully saturated rings. The van der Waals surface area contributed by atoms with E-state index >= 15 is 0 Å². The Balaban J connectivity index is 2.41. The van der Waals surface area contributed by atoms with E-state index in [1.165, 1.54) is 56.6 Å². The minimum absolute atomic E-state index is 0.0521. The quantitative estimate of drug-likeness (QED) is 0.826. The normalized spacial score (nSPS) is 11.4. The third kappa shape index (κ3) is 3.98. The second-order valence-electron chi connectivity index (χ2n) is 5.23. The smallest absolute Gasteiger partial charge is 0.336 e. The molecule has 2 N–H and O–H groups in total. The Bertz CT molecular complexity index is 941. The summed E-state index contributed by atoms with van der Waals surface area (Å²) < 4.78 is 25.4. The minimum Gasteiger partial charge on any atom is -0.478 e. The van der Waals surface area contributed by atoms with Crippen LogP contribution in [0, 0.1) is 0 Å². The fraction of sp³-hybridized carbons (Fsp3) is 0.125. The van der Waals surface area contributed by atoms with Crippen LogP contribution in [-0.2, 0) is 10.0 Å². The van der Waals surface area contributed by atoms with E-state index in [1.54, 1.807) is 0 Å². The lowest BCUT2D eigenvalue weighted by molar-refractivity contribution is 0.0692. The number of rotatable bonds is 5. The van der Waals surface area contributed by atoms with E-state index in [0.29, 0.717) is 0 Å². The molecule has 0 aliphatic heterocycles. The summed E-state index contributed by atoms with van der Waals surface area (Å²) in [7, 11) is -0.948. The molecule has 0 aromatic heterocycles. The van der Waals surface area contributed by atoms with Crippen LogP contribution in [0.4, 0.5) is 5.69 Å². The van der Waals surface area contributed by atoms with Crippen molar-refractivity contribution >= 4 is 39.2 Å². The number of carbonyl (C=O) groups excluding carboxylic acids is 1. The van der Waals surface area contributed by atoms with Gasteiger partial charge in [-0.15, -0.1) is 0 Å². The molecule has 0 radical (unpaired) electrons. The first-order valence-corrected chi connectivity index (χ1v) is 8.82. The van der Waals surface area contributed by atoms with Crippen molar-refractivity contribution in [3.63, 3.8) is 0 Å².